The predicted molar refractivity (Wildman–Crippen MR) is 68.1 cm³/mol. The van der Waals surface area contributed by atoms with Crippen LogP contribution in [-0.4, -0.2) is 30.2 Å². The molecule has 1 unspecified atom stereocenters. The van der Waals surface area contributed by atoms with E-state index in [4.69, 9.17) is 5.26 Å². The van der Waals surface area contributed by atoms with Crippen molar-refractivity contribution in [2.75, 3.05) is 23.3 Å². The highest BCUT2D eigenvalue weighted by molar-refractivity contribution is 5.95. The molecule has 100 valence electrons. The molecular formula is C13H14FN3O2. The number of nitrogens with one attached hydrogen (secondary N) is 1. The van der Waals surface area contributed by atoms with Gasteiger partial charge in [0.1, 0.15) is 12.2 Å². The molecule has 2 N–H and O–H groups in total. The minimum atomic E-state index is -0.484. The first-order valence-corrected chi connectivity index (χ1v) is 6.00. The summed E-state index contributed by atoms with van der Waals surface area (Å²) in [4.78, 5) is 13.1. The van der Waals surface area contributed by atoms with Crippen LogP contribution in [0.15, 0.2) is 18.2 Å². The Labute approximate surface area is 110 Å². The molecule has 1 aliphatic rings. The lowest BCUT2D eigenvalue weighted by molar-refractivity contribution is -0.115. The van der Waals surface area contributed by atoms with Crippen molar-refractivity contribution in [1.29, 1.82) is 5.26 Å². The minimum absolute atomic E-state index is 0.269. The fourth-order valence-electron chi connectivity index (χ4n) is 2.15. The van der Waals surface area contributed by atoms with E-state index in [1.807, 2.05) is 0 Å². The van der Waals surface area contributed by atoms with Gasteiger partial charge in [-0.2, -0.15) is 5.26 Å². The number of aliphatic hydroxyl groups is 1. The van der Waals surface area contributed by atoms with Gasteiger partial charge in [-0.25, -0.2) is 4.39 Å². The molecule has 1 aliphatic heterocycles. The lowest BCUT2D eigenvalue weighted by Gasteiger charge is -2.22. The van der Waals surface area contributed by atoms with Gasteiger partial charge in [-0.15, -0.1) is 0 Å². The van der Waals surface area contributed by atoms with Crippen LogP contribution in [0.3, 0.4) is 0 Å². The van der Waals surface area contributed by atoms with Gasteiger partial charge in [-0.3, -0.25) is 4.79 Å². The van der Waals surface area contributed by atoms with Crippen molar-refractivity contribution in [2.45, 2.75) is 18.9 Å². The Morgan fingerprint density at radius 3 is 3.05 bits per heavy atom. The first kappa shape index (κ1) is 13.3. The first-order chi connectivity index (χ1) is 9.11. The number of amides is 1. The van der Waals surface area contributed by atoms with E-state index in [2.05, 4.69) is 5.32 Å². The lowest BCUT2D eigenvalue weighted by atomic mass is 10.2. The maximum absolute atomic E-state index is 13.9. The Bertz CT molecular complexity index is 527. The summed E-state index contributed by atoms with van der Waals surface area (Å²) < 4.78 is 13.9. The Kier molecular flexibility index (Phi) is 3.97. The topological polar surface area (TPSA) is 76.4 Å². The van der Waals surface area contributed by atoms with Crippen LogP contribution in [0.2, 0.25) is 0 Å². The van der Waals surface area contributed by atoms with E-state index < -0.39 is 17.8 Å². The van der Waals surface area contributed by atoms with Crippen LogP contribution in [-0.2, 0) is 4.79 Å². The molecule has 1 aromatic rings. The van der Waals surface area contributed by atoms with Crippen molar-refractivity contribution in [3.63, 3.8) is 0 Å². The summed E-state index contributed by atoms with van der Waals surface area (Å²) in [6.45, 7) is 0.866. The number of carbonyl (C=O) groups excluding carboxylic acids is 1. The number of nitrogens with zero attached hydrogens (tertiary/aromatic N) is 2. The van der Waals surface area contributed by atoms with Crippen LogP contribution in [0.4, 0.5) is 15.8 Å². The van der Waals surface area contributed by atoms with Crippen LogP contribution < -0.4 is 10.2 Å². The molecule has 6 heteroatoms. The average Bonchev–Trinajstić information content (AvgIpc) is 2.76. The molecule has 1 aromatic carbocycles. The molecule has 2 rings (SSSR count). The van der Waals surface area contributed by atoms with Gasteiger partial charge < -0.3 is 15.3 Å². The lowest BCUT2D eigenvalue weighted by Crippen LogP contribution is -2.24. The number of anilines is 2. The minimum Gasteiger partial charge on any atom is -0.391 e. The second-order valence-corrected chi connectivity index (χ2v) is 4.41. The van der Waals surface area contributed by atoms with Crippen molar-refractivity contribution in [2.24, 2.45) is 0 Å². The summed E-state index contributed by atoms with van der Waals surface area (Å²) in [7, 11) is 0. The third-order valence-electron chi connectivity index (χ3n) is 2.98. The second-order valence-electron chi connectivity index (χ2n) is 4.41. The normalized spacial score (nSPS) is 18.2. The van der Waals surface area contributed by atoms with Crippen molar-refractivity contribution < 1.29 is 14.3 Å². The van der Waals surface area contributed by atoms with Crippen molar-refractivity contribution >= 4 is 17.3 Å². The molecule has 19 heavy (non-hydrogen) atoms. The number of hydrogen-bond donors (Lipinski definition) is 2. The maximum atomic E-state index is 13.9. The zero-order valence-corrected chi connectivity index (χ0v) is 10.3. The molecule has 5 nitrogen and oxygen atoms in total. The van der Waals surface area contributed by atoms with Crippen LogP contribution in [0.25, 0.3) is 0 Å². The molecule has 1 amide bonds. The highest BCUT2D eigenvalue weighted by atomic mass is 19.1. The summed E-state index contributed by atoms with van der Waals surface area (Å²) >= 11 is 0. The number of carbonyl (C=O) groups is 1. The van der Waals surface area contributed by atoms with Gasteiger partial charge in [-0.05, 0) is 18.6 Å². The first-order valence-electron chi connectivity index (χ1n) is 6.00. The number of hydrogen-bond acceptors (Lipinski definition) is 4. The molecule has 0 spiro atoms. The summed E-state index contributed by atoms with van der Waals surface area (Å²) in [6.07, 6.45) is -0.194. The number of para-hydroxylation sites is 1. The van der Waals surface area contributed by atoms with Gasteiger partial charge in [0.15, 0.2) is 0 Å². The molecule has 0 saturated carbocycles. The fraction of sp³-hybridized carbons (Fsp3) is 0.385. The standard InChI is InChI=1S/C13H14FN3O2/c14-10-2-1-3-11(16-12(19)4-6-15)13(10)17-7-5-9(18)8-17/h1-3,9,18H,4-5,7-8H2,(H,16,19). The Morgan fingerprint density at radius 2 is 2.42 bits per heavy atom. The largest absolute Gasteiger partial charge is 0.391 e. The van der Waals surface area contributed by atoms with Gasteiger partial charge in [0.2, 0.25) is 5.91 Å². The van der Waals surface area contributed by atoms with Crippen molar-refractivity contribution in [3.8, 4) is 6.07 Å². The highest BCUT2D eigenvalue weighted by Crippen LogP contribution is 2.31. The van der Waals surface area contributed by atoms with Gasteiger partial charge in [-0.1, -0.05) is 6.07 Å². The van der Waals surface area contributed by atoms with E-state index in [-0.39, 0.29) is 12.1 Å². The van der Waals surface area contributed by atoms with Crippen LogP contribution in [0, 0.1) is 17.1 Å². The molecule has 0 aliphatic carbocycles. The third kappa shape index (κ3) is 3.01. The molecule has 0 aromatic heterocycles. The van der Waals surface area contributed by atoms with Crippen molar-refractivity contribution in [3.05, 3.63) is 24.0 Å². The summed E-state index contributed by atoms with van der Waals surface area (Å²) in [5.74, 6) is -0.932. The number of benzene rings is 1. The molecule has 0 bridgehead atoms. The number of halogens is 1. The smallest absolute Gasteiger partial charge is 0.238 e. The summed E-state index contributed by atoms with van der Waals surface area (Å²) in [6, 6.07) is 6.12. The van der Waals surface area contributed by atoms with Crippen LogP contribution in [0.5, 0.6) is 0 Å². The van der Waals surface area contributed by atoms with Gasteiger partial charge >= 0.3 is 0 Å². The Hall–Kier alpha value is -2.13. The van der Waals surface area contributed by atoms with E-state index in [0.717, 1.165) is 0 Å². The van der Waals surface area contributed by atoms with E-state index in [0.29, 0.717) is 25.2 Å². The van der Waals surface area contributed by atoms with Gasteiger partial charge in [0, 0.05) is 13.1 Å². The number of rotatable bonds is 3. The molecule has 1 fully saturated rings. The zero-order chi connectivity index (χ0) is 13.8. The SMILES string of the molecule is N#CCC(=O)Nc1cccc(F)c1N1CCC(O)C1. The zero-order valence-electron chi connectivity index (χ0n) is 10.3. The maximum Gasteiger partial charge on any atom is 0.238 e. The fourth-order valence-corrected chi connectivity index (χ4v) is 2.15. The molecular weight excluding hydrogens is 249 g/mol. The third-order valence-corrected chi connectivity index (χ3v) is 2.98. The van der Waals surface area contributed by atoms with E-state index in [1.54, 1.807) is 17.0 Å². The van der Waals surface area contributed by atoms with E-state index in [1.165, 1.54) is 12.1 Å². The monoisotopic (exact) mass is 263 g/mol. The van der Waals surface area contributed by atoms with Crippen LogP contribution >= 0.6 is 0 Å². The summed E-state index contributed by atoms with van der Waals surface area (Å²) in [5, 5.41) is 20.5. The molecule has 1 heterocycles. The Balaban J connectivity index is 2.26. The van der Waals surface area contributed by atoms with Crippen molar-refractivity contribution in [1.82, 2.24) is 0 Å². The van der Waals surface area contributed by atoms with Gasteiger partial charge in [0.05, 0.1) is 23.5 Å². The second kappa shape index (κ2) is 5.67. The van der Waals surface area contributed by atoms with E-state index >= 15 is 0 Å². The summed E-state index contributed by atoms with van der Waals surface area (Å²) in [5.41, 5.74) is 0.597. The Morgan fingerprint density at radius 1 is 1.63 bits per heavy atom. The quantitative estimate of drug-likeness (QED) is 0.860. The number of aliphatic hydroxyl groups excluding tert-OH is 1. The van der Waals surface area contributed by atoms with E-state index in [9.17, 15) is 14.3 Å². The van der Waals surface area contributed by atoms with Gasteiger partial charge in [0.25, 0.3) is 0 Å². The highest BCUT2D eigenvalue weighted by Gasteiger charge is 2.25. The molecule has 0 radical (unpaired) electrons. The predicted octanol–water partition coefficient (Wildman–Crippen LogP) is 1.25. The van der Waals surface area contributed by atoms with Crippen LogP contribution in [0.1, 0.15) is 12.8 Å². The molecule has 1 saturated heterocycles. The molecule has 1 atom stereocenters. The number of nitriles is 1. The number of β-amino-alcohol motifs (C(OH)–C–C–N with tert-alkyl or cyclic N) is 1. The average molecular weight is 263 g/mol.